The van der Waals surface area contributed by atoms with Gasteiger partial charge in [-0.3, -0.25) is 14.4 Å². The number of amides is 3. The van der Waals surface area contributed by atoms with Crippen molar-refractivity contribution in [2.24, 2.45) is 5.92 Å². The highest BCUT2D eigenvalue weighted by molar-refractivity contribution is 9.10. The molecule has 6 nitrogen and oxygen atoms in total. The lowest BCUT2D eigenvalue weighted by Gasteiger charge is -2.17. The molecule has 2 N–H and O–H groups in total. The molecule has 3 amide bonds. The van der Waals surface area contributed by atoms with Crippen LogP contribution in [0.15, 0.2) is 28.7 Å². The van der Waals surface area contributed by atoms with Gasteiger partial charge in [-0.15, -0.1) is 0 Å². The van der Waals surface area contributed by atoms with Gasteiger partial charge in [-0.1, -0.05) is 12.1 Å². The molecule has 1 aromatic carbocycles. The van der Waals surface area contributed by atoms with Crippen LogP contribution in [0.5, 0.6) is 0 Å². The molecule has 1 saturated carbocycles. The Labute approximate surface area is 150 Å². The Kier molecular flexibility index (Phi) is 6.78. The molecule has 1 aliphatic rings. The average molecular weight is 396 g/mol. The molecule has 1 aromatic rings. The molecule has 24 heavy (non-hydrogen) atoms. The highest BCUT2D eigenvalue weighted by Gasteiger charge is 2.29. The molecule has 0 saturated heterocycles. The largest absolute Gasteiger partial charge is 0.356 e. The van der Waals surface area contributed by atoms with Gasteiger partial charge in [0.05, 0.1) is 12.2 Å². The van der Waals surface area contributed by atoms with Gasteiger partial charge in [0.1, 0.15) is 0 Å². The minimum absolute atomic E-state index is 0.00536. The van der Waals surface area contributed by atoms with Gasteiger partial charge in [-0.2, -0.15) is 0 Å². The zero-order chi connectivity index (χ0) is 17.5. The number of carbonyl (C=O) groups is 3. The average Bonchev–Trinajstić information content (AvgIpc) is 3.38. The van der Waals surface area contributed by atoms with Crippen molar-refractivity contribution < 1.29 is 14.4 Å². The molecule has 0 spiro atoms. The summed E-state index contributed by atoms with van der Waals surface area (Å²) in [4.78, 5) is 36.9. The minimum Gasteiger partial charge on any atom is -0.356 e. The maximum absolute atomic E-state index is 12.0. The van der Waals surface area contributed by atoms with Gasteiger partial charge in [-0.05, 0) is 47.3 Å². The molecule has 0 aromatic heterocycles. The summed E-state index contributed by atoms with van der Waals surface area (Å²) >= 11 is 3.36. The molecule has 1 aliphatic carbocycles. The standard InChI is InChI=1S/C17H22BrN3O3/c1-21(11-15(22)20-14-6-3-2-5-13(14)18)16(23)7-4-10-19-17(24)12-8-9-12/h2-3,5-6,12H,4,7-11H2,1H3,(H,19,24)(H,20,22). The maximum Gasteiger partial charge on any atom is 0.244 e. The third kappa shape index (κ3) is 5.96. The Hall–Kier alpha value is -1.89. The van der Waals surface area contributed by atoms with Crippen LogP contribution in [0, 0.1) is 5.92 Å². The number of halogens is 1. The zero-order valence-corrected chi connectivity index (χ0v) is 15.3. The summed E-state index contributed by atoms with van der Waals surface area (Å²) in [7, 11) is 1.60. The Morgan fingerprint density at radius 3 is 2.62 bits per heavy atom. The van der Waals surface area contributed by atoms with E-state index in [4.69, 9.17) is 0 Å². The van der Waals surface area contributed by atoms with E-state index in [1.165, 1.54) is 4.90 Å². The van der Waals surface area contributed by atoms with Crippen LogP contribution in [0.2, 0.25) is 0 Å². The number of hydrogen-bond acceptors (Lipinski definition) is 3. The number of carbonyl (C=O) groups excluding carboxylic acids is 3. The first-order valence-corrected chi connectivity index (χ1v) is 8.82. The van der Waals surface area contributed by atoms with Crippen LogP contribution in [0.25, 0.3) is 0 Å². The lowest BCUT2D eigenvalue weighted by atomic mass is 10.2. The second-order valence-electron chi connectivity index (χ2n) is 5.95. The van der Waals surface area contributed by atoms with E-state index in [9.17, 15) is 14.4 Å². The van der Waals surface area contributed by atoms with Crippen molar-refractivity contribution in [2.75, 3.05) is 25.5 Å². The van der Waals surface area contributed by atoms with Crippen molar-refractivity contribution in [3.05, 3.63) is 28.7 Å². The van der Waals surface area contributed by atoms with E-state index in [0.29, 0.717) is 25.1 Å². The third-order valence-corrected chi connectivity index (χ3v) is 4.46. The van der Waals surface area contributed by atoms with Gasteiger partial charge in [0.2, 0.25) is 17.7 Å². The Balaban J connectivity index is 1.65. The van der Waals surface area contributed by atoms with Gasteiger partial charge in [0, 0.05) is 30.4 Å². The van der Waals surface area contributed by atoms with Gasteiger partial charge in [-0.25, -0.2) is 0 Å². The highest BCUT2D eigenvalue weighted by Crippen LogP contribution is 2.28. The topological polar surface area (TPSA) is 78.5 Å². The predicted octanol–water partition coefficient (Wildman–Crippen LogP) is 2.15. The van der Waals surface area contributed by atoms with Crippen LogP contribution >= 0.6 is 15.9 Å². The summed E-state index contributed by atoms with van der Waals surface area (Å²) in [5.41, 5.74) is 0.672. The van der Waals surface area contributed by atoms with Crippen LogP contribution in [0.1, 0.15) is 25.7 Å². The summed E-state index contributed by atoms with van der Waals surface area (Å²) in [6.45, 7) is 0.493. The smallest absolute Gasteiger partial charge is 0.244 e. The van der Waals surface area contributed by atoms with Crippen LogP contribution in [0.3, 0.4) is 0 Å². The number of benzene rings is 1. The van der Waals surface area contributed by atoms with Crippen LogP contribution in [-0.4, -0.2) is 42.8 Å². The molecule has 0 heterocycles. The van der Waals surface area contributed by atoms with Gasteiger partial charge in [0.15, 0.2) is 0 Å². The predicted molar refractivity (Wildman–Crippen MR) is 95.4 cm³/mol. The van der Waals surface area contributed by atoms with E-state index < -0.39 is 0 Å². The summed E-state index contributed by atoms with van der Waals surface area (Å²) < 4.78 is 0.790. The maximum atomic E-state index is 12.0. The Bertz CT molecular complexity index is 617. The first-order valence-electron chi connectivity index (χ1n) is 8.03. The fraction of sp³-hybridized carbons (Fsp3) is 0.471. The van der Waals surface area contributed by atoms with Gasteiger partial charge < -0.3 is 15.5 Å². The van der Waals surface area contributed by atoms with Crippen molar-refractivity contribution in [1.29, 1.82) is 0 Å². The number of para-hydroxylation sites is 1. The van der Waals surface area contributed by atoms with Gasteiger partial charge in [0.25, 0.3) is 0 Å². The monoisotopic (exact) mass is 395 g/mol. The quantitative estimate of drug-likeness (QED) is 0.661. The SMILES string of the molecule is CN(CC(=O)Nc1ccccc1Br)C(=O)CCCNC(=O)C1CC1. The lowest BCUT2D eigenvalue weighted by Crippen LogP contribution is -2.35. The van der Waals surface area contributed by atoms with Crippen molar-refractivity contribution in [1.82, 2.24) is 10.2 Å². The molecule has 1 fully saturated rings. The number of nitrogens with one attached hydrogen (secondary N) is 2. The highest BCUT2D eigenvalue weighted by atomic mass is 79.9. The third-order valence-electron chi connectivity index (χ3n) is 3.77. The first-order chi connectivity index (χ1) is 11.5. The molecule has 0 unspecified atom stereocenters. The number of nitrogens with zero attached hydrogens (tertiary/aromatic N) is 1. The van der Waals surface area contributed by atoms with Crippen LogP contribution < -0.4 is 10.6 Å². The summed E-state index contributed by atoms with van der Waals surface area (Å²) in [6.07, 6.45) is 2.83. The molecule has 2 rings (SSSR count). The van der Waals surface area contributed by atoms with E-state index in [1.807, 2.05) is 18.2 Å². The van der Waals surface area contributed by atoms with Crippen molar-refractivity contribution >= 4 is 39.3 Å². The summed E-state index contributed by atoms with van der Waals surface area (Å²) in [5.74, 6) is -0.0919. The number of anilines is 1. The Morgan fingerprint density at radius 2 is 1.96 bits per heavy atom. The molecule has 0 aliphatic heterocycles. The van der Waals surface area contributed by atoms with Crippen molar-refractivity contribution in [3.8, 4) is 0 Å². The summed E-state index contributed by atoms with van der Waals surface area (Å²) in [6, 6.07) is 7.30. The summed E-state index contributed by atoms with van der Waals surface area (Å²) in [5, 5.41) is 5.59. The molecule has 0 radical (unpaired) electrons. The van der Waals surface area contributed by atoms with E-state index in [-0.39, 0.29) is 30.2 Å². The number of hydrogen-bond donors (Lipinski definition) is 2. The fourth-order valence-electron chi connectivity index (χ4n) is 2.19. The van der Waals surface area contributed by atoms with E-state index in [2.05, 4.69) is 26.6 Å². The van der Waals surface area contributed by atoms with E-state index in [1.54, 1.807) is 13.1 Å². The Morgan fingerprint density at radius 1 is 1.25 bits per heavy atom. The van der Waals surface area contributed by atoms with Crippen LogP contribution in [-0.2, 0) is 14.4 Å². The molecule has 130 valence electrons. The molecular formula is C17H22BrN3O3. The van der Waals surface area contributed by atoms with E-state index in [0.717, 1.165) is 17.3 Å². The molecule has 0 bridgehead atoms. The normalized spacial score (nSPS) is 13.2. The number of likely N-dealkylation sites (N-methyl/N-ethyl adjacent to an activating group) is 1. The van der Waals surface area contributed by atoms with Crippen molar-refractivity contribution in [3.63, 3.8) is 0 Å². The van der Waals surface area contributed by atoms with E-state index >= 15 is 0 Å². The molecule has 0 atom stereocenters. The molecule has 7 heteroatoms. The number of rotatable bonds is 8. The fourth-order valence-corrected chi connectivity index (χ4v) is 2.57. The first kappa shape index (κ1) is 18.4. The van der Waals surface area contributed by atoms with Gasteiger partial charge >= 0.3 is 0 Å². The van der Waals surface area contributed by atoms with Crippen molar-refractivity contribution in [2.45, 2.75) is 25.7 Å². The zero-order valence-electron chi connectivity index (χ0n) is 13.7. The van der Waals surface area contributed by atoms with Crippen LogP contribution in [0.4, 0.5) is 5.69 Å². The molecular weight excluding hydrogens is 374 g/mol. The minimum atomic E-state index is -0.250. The lowest BCUT2D eigenvalue weighted by molar-refractivity contribution is -0.133. The second kappa shape index (κ2) is 8.82. The second-order valence-corrected chi connectivity index (χ2v) is 6.80.